The molecule has 9 rings (SSSR count). The third-order valence-electron chi connectivity index (χ3n) is 16.9. The van der Waals surface area contributed by atoms with Crippen molar-refractivity contribution in [3.05, 3.63) is 0 Å². The zero-order chi connectivity index (χ0) is 34.0. The van der Waals surface area contributed by atoms with Gasteiger partial charge in [0.2, 0.25) is 0 Å². The van der Waals surface area contributed by atoms with Gasteiger partial charge in [-0.05, 0) is 123 Å². The summed E-state index contributed by atoms with van der Waals surface area (Å²) in [5.41, 5.74) is 0.488. The van der Waals surface area contributed by atoms with E-state index in [1.165, 1.54) is 51.4 Å². The third kappa shape index (κ3) is 5.24. The maximum atomic E-state index is 11.0. The van der Waals surface area contributed by atoms with E-state index in [0.717, 1.165) is 76.6 Å². The first-order chi connectivity index (χ1) is 23.4. The lowest BCUT2D eigenvalue weighted by molar-refractivity contribution is -0.251. The molecule has 0 aromatic rings. The van der Waals surface area contributed by atoms with Crippen LogP contribution in [-0.4, -0.2) is 128 Å². The second-order valence-corrected chi connectivity index (χ2v) is 19.7. The molecule has 0 bridgehead atoms. The number of likely N-dealkylation sites (tertiary alicyclic amines) is 1. The molecule has 4 aliphatic heterocycles. The summed E-state index contributed by atoms with van der Waals surface area (Å²) in [6.45, 7) is 18.4. The predicted molar refractivity (Wildman–Crippen MR) is 185 cm³/mol. The lowest BCUT2D eigenvalue weighted by Crippen LogP contribution is -2.68. The smallest absolute Gasteiger partial charge is 0.170 e. The van der Waals surface area contributed by atoms with E-state index in [0.29, 0.717) is 34.2 Å². The Hall–Kier alpha value is -0.360. The first-order valence-electron chi connectivity index (χ1n) is 20.3. The van der Waals surface area contributed by atoms with Gasteiger partial charge >= 0.3 is 0 Å². The minimum atomic E-state index is -1.01. The van der Waals surface area contributed by atoms with E-state index in [-0.39, 0.29) is 43.2 Å². The molecule has 49 heavy (non-hydrogen) atoms. The quantitative estimate of drug-likeness (QED) is 0.365. The van der Waals surface area contributed by atoms with E-state index in [2.05, 4.69) is 30.6 Å². The van der Waals surface area contributed by atoms with E-state index in [9.17, 15) is 10.2 Å². The monoisotopic (exact) mass is 686 g/mol. The number of morpholine rings is 1. The van der Waals surface area contributed by atoms with Crippen LogP contribution in [0.25, 0.3) is 0 Å². The van der Waals surface area contributed by atoms with E-state index < -0.39 is 11.7 Å². The van der Waals surface area contributed by atoms with E-state index >= 15 is 0 Å². The van der Waals surface area contributed by atoms with Crippen LogP contribution in [0.3, 0.4) is 0 Å². The minimum Gasteiger partial charge on any atom is -0.394 e. The molecule has 0 amide bonds. The lowest BCUT2D eigenvalue weighted by Gasteiger charge is -2.60. The van der Waals surface area contributed by atoms with Gasteiger partial charge in [-0.1, -0.05) is 20.8 Å². The van der Waals surface area contributed by atoms with Crippen LogP contribution in [0, 0.1) is 45.3 Å². The molecule has 4 saturated heterocycles. The molecule has 5 saturated carbocycles. The minimum absolute atomic E-state index is 0.0366. The van der Waals surface area contributed by atoms with Crippen molar-refractivity contribution in [1.82, 2.24) is 9.80 Å². The second-order valence-electron chi connectivity index (χ2n) is 19.7. The van der Waals surface area contributed by atoms with E-state index in [1.807, 2.05) is 13.8 Å². The van der Waals surface area contributed by atoms with Crippen LogP contribution in [0.2, 0.25) is 0 Å². The molecule has 9 nitrogen and oxygen atoms in total. The summed E-state index contributed by atoms with van der Waals surface area (Å²) < 4.78 is 31.7. The normalized spacial score (nSPS) is 49.0. The molecule has 0 aromatic heterocycles. The molecule has 12 atom stereocenters. The summed E-state index contributed by atoms with van der Waals surface area (Å²) in [5.74, 6) is 2.87. The third-order valence-corrected chi connectivity index (χ3v) is 16.9. The Morgan fingerprint density at radius 1 is 0.878 bits per heavy atom. The van der Waals surface area contributed by atoms with Gasteiger partial charge in [-0.25, -0.2) is 0 Å². The number of nitrogens with zero attached hydrogens (tertiary/aromatic N) is 2. The van der Waals surface area contributed by atoms with Crippen LogP contribution in [0.4, 0.5) is 0 Å². The predicted octanol–water partition coefficient (Wildman–Crippen LogP) is 4.47. The van der Waals surface area contributed by atoms with Gasteiger partial charge in [0, 0.05) is 32.2 Å². The molecule has 4 heterocycles. The maximum absolute atomic E-state index is 11.0. The van der Waals surface area contributed by atoms with Crippen LogP contribution in [0.1, 0.15) is 98.8 Å². The van der Waals surface area contributed by atoms with Gasteiger partial charge in [0.1, 0.15) is 6.10 Å². The fourth-order valence-corrected chi connectivity index (χ4v) is 14.3. The zero-order valence-corrected chi connectivity index (χ0v) is 31.1. The molecule has 9 fully saturated rings. The number of hydrogen-bond acceptors (Lipinski definition) is 9. The van der Waals surface area contributed by atoms with Crippen molar-refractivity contribution in [2.75, 3.05) is 59.2 Å². The Bertz CT molecular complexity index is 1230. The van der Waals surface area contributed by atoms with Crippen molar-refractivity contribution in [1.29, 1.82) is 0 Å². The molecule has 9 aliphatic rings. The van der Waals surface area contributed by atoms with Gasteiger partial charge in [0.05, 0.1) is 63.0 Å². The molecule has 0 radical (unpaired) electrons. The number of fused-ring (bicyclic) bond motifs is 4. The Morgan fingerprint density at radius 2 is 1.67 bits per heavy atom. The van der Waals surface area contributed by atoms with Crippen LogP contribution < -0.4 is 0 Å². The van der Waals surface area contributed by atoms with Crippen LogP contribution in [0.15, 0.2) is 0 Å². The van der Waals surface area contributed by atoms with E-state index in [1.54, 1.807) is 0 Å². The molecular formula is C40H66N2O7. The van der Waals surface area contributed by atoms with Crippen molar-refractivity contribution < 1.29 is 33.9 Å². The topological polar surface area (TPSA) is 93.1 Å². The van der Waals surface area contributed by atoms with Gasteiger partial charge in [0.25, 0.3) is 0 Å². The van der Waals surface area contributed by atoms with Crippen LogP contribution >= 0.6 is 0 Å². The van der Waals surface area contributed by atoms with Gasteiger partial charge in [-0.15, -0.1) is 0 Å². The van der Waals surface area contributed by atoms with Crippen molar-refractivity contribution >= 4 is 0 Å². The number of aliphatic hydroxyl groups excluding tert-OH is 1. The number of rotatable bonds is 9. The number of hydrogen-bond donors (Lipinski definition) is 2. The Morgan fingerprint density at radius 3 is 2.41 bits per heavy atom. The molecule has 9 heteroatoms. The van der Waals surface area contributed by atoms with Gasteiger partial charge < -0.3 is 33.9 Å². The number of aliphatic hydroxyl groups is 2. The average molecular weight is 687 g/mol. The fourth-order valence-electron chi connectivity index (χ4n) is 14.3. The molecule has 12 unspecified atom stereocenters. The number of ether oxygens (including phenoxy) is 5. The van der Waals surface area contributed by atoms with Gasteiger partial charge in [-0.3, -0.25) is 9.80 Å². The Kier molecular flexibility index (Phi) is 8.48. The molecule has 2 spiro atoms. The van der Waals surface area contributed by atoms with Crippen molar-refractivity contribution in [3.8, 4) is 0 Å². The summed E-state index contributed by atoms with van der Waals surface area (Å²) in [6.07, 6.45) is 12.5. The highest BCUT2D eigenvalue weighted by Gasteiger charge is 2.80. The first kappa shape index (κ1) is 34.4. The maximum Gasteiger partial charge on any atom is 0.170 e. The highest BCUT2D eigenvalue weighted by atomic mass is 16.7. The van der Waals surface area contributed by atoms with E-state index in [4.69, 9.17) is 23.7 Å². The summed E-state index contributed by atoms with van der Waals surface area (Å²) in [5, 5.41) is 20.4. The lowest BCUT2D eigenvalue weighted by atomic mass is 9.46. The summed E-state index contributed by atoms with van der Waals surface area (Å²) in [7, 11) is 0. The Labute approximate surface area is 295 Å². The van der Waals surface area contributed by atoms with Gasteiger partial charge in [-0.2, -0.15) is 0 Å². The molecule has 0 aromatic carbocycles. The Balaban J connectivity index is 0.855. The summed E-state index contributed by atoms with van der Waals surface area (Å²) in [6, 6.07) is 1.28. The average Bonchev–Trinajstić information content (AvgIpc) is 3.59. The van der Waals surface area contributed by atoms with Crippen molar-refractivity contribution in [2.24, 2.45) is 45.3 Å². The molecular weight excluding hydrogens is 620 g/mol. The molecule has 2 N–H and O–H groups in total. The molecule has 278 valence electrons. The first-order valence-corrected chi connectivity index (χ1v) is 20.3. The van der Waals surface area contributed by atoms with Crippen molar-refractivity contribution in [2.45, 2.75) is 147 Å². The standard InChI is InChI=1S/C40H66N2O7/c1-36(2)32-9-7-27-29-18-31-28(6-8-30(48-31)35(37(3,4)44)47-17-15-43)38(29,5)12-13-39(27)24-40(32,39)11-10-33(36)49-34-21-41(14-16-46-34)25-19-42(20-25)26-22-45-23-26/h25-35,43-44H,6-24H2,1-5H3. The largest absolute Gasteiger partial charge is 0.394 e. The van der Waals surface area contributed by atoms with Crippen molar-refractivity contribution in [3.63, 3.8) is 0 Å². The second kappa shape index (κ2) is 12.1. The SMILES string of the molecule is CC(C)(O)C(OCCO)C1CCC2C(CC3C4CCC5C(C)(C)C(OC6CN(C7CN(C8COC8)C7)CCO6)CCC56CC46CCC23C)O1. The highest BCUT2D eigenvalue weighted by molar-refractivity contribution is 5.29. The van der Waals surface area contributed by atoms with Crippen LogP contribution in [0.5, 0.6) is 0 Å². The van der Waals surface area contributed by atoms with Crippen LogP contribution in [-0.2, 0) is 23.7 Å². The fraction of sp³-hybridized carbons (Fsp3) is 1.00. The highest BCUT2D eigenvalue weighted by Crippen LogP contribution is 2.87. The molecule has 5 aliphatic carbocycles. The summed E-state index contributed by atoms with van der Waals surface area (Å²) in [4.78, 5) is 5.23. The zero-order valence-electron chi connectivity index (χ0n) is 31.1. The summed E-state index contributed by atoms with van der Waals surface area (Å²) >= 11 is 0. The van der Waals surface area contributed by atoms with Gasteiger partial charge in [0.15, 0.2) is 6.29 Å².